The van der Waals surface area contributed by atoms with Crippen LogP contribution in [0.1, 0.15) is 69.8 Å². The minimum Gasteiger partial charge on any atom is -0.461 e. The van der Waals surface area contributed by atoms with E-state index in [4.69, 9.17) is 19.7 Å². The number of likely N-dealkylation sites (N-methyl/N-ethyl adjacent to an activating group) is 1. The van der Waals surface area contributed by atoms with Crippen LogP contribution in [0.15, 0.2) is 42.6 Å². The van der Waals surface area contributed by atoms with E-state index in [0.717, 1.165) is 61.7 Å². The summed E-state index contributed by atoms with van der Waals surface area (Å²) < 4.78 is 23.3. The molecule has 4 aliphatic rings. The second-order valence-electron chi connectivity index (χ2n) is 14.3. The first-order valence-corrected chi connectivity index (χ1v) is 16.5. The highest BCUT2D eigenvalue weighted by Crippen LogP contribution is 2.46. The highest BCUT2D eigenvalue weighted by atomic mass is 19.1. The number of nitrogens with one attached hydrogen (secondary N) is 1. The zero-order chi connectivity index (χ0) is 30.1. The Kier molecular flexibility index (Phi) is 6.79. The second kappa shape index (κ2) is 10.6. The van der Waals surface area contributed by atoms with Crippen LogP contribution in [0.3, 0.4) is 0 Å². The van der Waals surface area contributed by atoms with Crippen molar-refractivity contribution in [1.29, 1.82) is 0 Å². The van der Waals surface area contributed by atoms with Crippen LogP contribution in [-0.2, 0) is 0 Å². The highest BCUT2D eigenvalue weighted by Gasteiger charge is 2.48. The summed E-state index contributed by atoms with van der Waals surface area (Å²) in [5.74, 6) is 1.35. The largest absolute Gasteiger partial charge is 0.461 e. The average molecular weight is 595 g/mol. The van der Waals surface area contributed by atoms with Crippen LogP contribution in [-0.4, -0.2) is 76.2 Å². The summed E-state index contributed by atoms with van der Waals surface area (Å²) in [7, 11) is 4.27. The van der Waals surface area contributed by atoms with E-state index in [1.165, 1.54) is 31.2 Å². The Bertz CT molecular complexity index is 1730. The Balaban J connectivity index is 1.21. The summed E-state index contributed by atoms with van der Waals surface area (Å²) in [6.45, 7) is 5.79. The van der Waals surface area contributed by atoms with E-state index in [2.05, 4.69) is 60.4 Å². The molecule has 4 fully saturated rings. The van der Waals surface area contributed by atoms with Crippen molar-refractivity contribution < 1.29 is 9.13 Å². The van der Waals surface area contributed by atoms with Gasteiger partial charge in [0.2, 0.25) is 0 Å². The molecule has 4 heterocycles. The fourth-order valence-electron chi connectivity index (χ4n) is 8.36. The van der Waals surface area contributed by atoms with Crippen LogP contribution in [0.5, 0.6) is 6.01 Å². The first-order chi connectivity index (χ1) is 21.4. The number of benzene rings is 2. The summed E-state index contributed by atoms with van der Waals surface area (Å²) in [6, 6.07) is 12.7. The van der Waals surface area contributed by atoms with Crippen LogP contribution >= 0.6 is 0 Å². The topological polar surface area (TPSA) is 66.4 Å². The highest BCUT2D eigenvalue weighted by molar-refractivity contribution is 6.01. The zero-order valence-electron chi connectivity index (χ0n) is 26.2. The fraction of sp³-hybridized carbons (Fsp3) is 0.528. The fourth-order valence-corrected chi connectivity index (χ4v) is 8.36. The van der Waals surface area contributed by atoms with Gasteiger partial charge < -0.3 is 15.0 Å². The van der Waals surface area contributed by atoms with Crippen molar-refractivity contribution in [3.63, 3.8) is 0 Å². The molecule has 0 unspecified atom stereocenters. The first kappa shape index (κ1) is 28.1. The van der Waals surface area contributed by atoms with Crippen LogP contribution < -0.4 is 10.1 Å². The number of fused-ring (bicyclic) bond motifs is 3. The van der Waals surface area contributed by atoms with Gasteiger partial charge >= 0.3 is 6.01 Å². The molecule has 2 aromatic carbocycles. The summed E-state index contributed by atoms with van der Waals surface area (Å²) in [4.78, 5) is 19.3. The molecule has 44 heavy (non-hydrogen) atoms. The Morgan fingerprint density at radius 2 is 1.89 bits per heavy atom. The maximum Gasteiger partial charge on any atom is 0.319 e. The average Bonchev–Trinajstić information content (AvgIpc) is 3.70. The summed E-state index contributed by atoms with van der Waals surface area (Å²) in [6.07, 6.45) is 11.0. The van der Waals surface area contributed by atoms with Crippen molar-refractivity contribution in [2.45, 2.75) is 75.3 Å². The molecule has 0 radical (unpaired) electrons. The van der Waals surface area contributed by atoms with Crippen LogP contribution in [0.4, 0.5) is 10.2 Å². The monoisotopic (exact) mass is 594 g/mol. The maximum atomic E-state index is 16.8. The normalized spacial score (nSPS) is 24.6. The van der Waals surface area contributed by atoms with Gasteiger partial charge in [0, 0.05) is 30.4 Å². The van der Waals surface area contributed by atoms with Crippen molar-refractivity contribution in [3.05, 3.63) is 54.0 Å². The summed E-state index contributed by atoms with van der Waals surface area (Å²) in [5.41, 5.74) is 2.79. The second-order valence-corrected chi connectivity index (χ2v) is 14.3. The van der Waals surface area contributed by atoms with E-state index in [9.17, 15) is 0 Å². The molecule has 230 valence electrons. The van der Waals surface area contributed by atoms with Crippen LogP contribution in [0, 0.1) is 11.7 Å². The number of nitrogens with zero attached hydrogens (tertiary/aromatic N) is 5. The third-order valence-electron chi connectivity index (χ3n) is 11.2. The molecule has 0 bridgehead atoms. The van der Waals surface area contributed by atoms with Gasteiger partial charge in [-0.15, -0.1) is 0 Å². The lowest BCUT2D eigenvalue weighted by molar-refractivity contribution is 0.0738. The van der Waals surface area contributed by atoms with Gasteiger partial charge in [-0.2, -0.15) is 9.97 Å². The minimum absolute atomic E-state index is 0.0242. The van der Waals surface area contributed by atoms with E-state index in [1.807, 2.05) is 12.1 Å². The summed E-state index contributed by atoms with van der Waals surface area (Å²) >= 11 is 0. The third kappa shape index (κ3) is 4.64. The van der Waals surface area contributed by atoms with Crippen molar-refractivity contribution in [2.75, 3.05) is 45.7 Å². The molecule has 8 rings (SSSR count). The van der Waals surface area contributed by atoms with Gasteiger partial charge in [0.15, 0.2) is 5.82 Å². The lowest BCUT2D eigenvalue weighted by Gasteiger charge is -2.47. The number of halogens is 1. The standard InChI is InChI=1S/C36H43FN6O/c1-23-18-36(16-7-17-43(36)20-23)22-44-34-40-32-28(33(41-34)39-21-35(42(2)3)14-6-15-35)19-38-31(30(32)37)27-11-5-9-25-8-4-10-26(29(25)27)24-12-13-24/h4-5,8-11,19,23-24H,6-7,12-18,20-22H2,1-3H3,(H,39,40,41)/t23-,36+/m1/s1. The molecule has 2 aromatic heterocycles. The quantitative estimate of drug-likeness (QED) is 0.224. The SMILES string of the molecule is C[C@H]1CN2CCC[C@@]2(COc2nc(NCC3(N(C)C)CCC3)c3cnc(-c4cccc5cccc(C6CC6)c45)c(F)c3n2)C1. The lowest BCUT2D eigenvalue weighted by Crippen LogP contribution is -2.54. The smallest absolute Gasteiger partial charge is 0.319 e. The third-order valence-corrected chi connectivity index (χ3v) is 11.2. The van der Waals surface area contributed by atoms with Crippen molar-refractivity contribution >= 4 is 27.5 Å². The number of aromatic nitrogens is 3. The number of hydrogen-bond acceptors (Lipinski definition) is 7. The molecule has 2 saturated carbocycles. The predicted molar refractivity (Wildman–Crippen MR) is 174 cm³/mol. The molecule has 0 spiro atoms. The van der Waals surface area contributed by atoms with Gasteiger partial charge in [-0.05, 0) is 100 Å². The Labute approximate surface area is 259 Å². The molecule has 0 amide bonds. The number of ether oxygens (including phenoxy) is 1. The number of hydrogen-bond donors (Lipinski definition) is 1. The molecular weight excluding hydrogens is 551 g/mol. The molecule has 4 aromatic rings. The van der Waals surface area contributed by atoms with Crippen molar-refractivity contribution in [1.82, 2.24) is 24.8 Å². The Morgan fingerprint density at radius 1 is 1.07 bits per heavy atom. The lowest BCUT2D eigenvalue weighted by atomic mass is 9.75. The number of pyridine rings is 1. The number of anilines is 1. The molecule has 2 aliphatic carbocycles. The van der Waals surface area contributed by atoms with E-state index in [0.29, 0.717) is 35.3 Å². The molecular formula is C36H43FN6O. The van der Waals surface area contributed by atoms with E-state index in [1.54, 1.807) is 6.20 Å². The van der Waals surface area contributed by atoms with Gasteiger partial charge in [-0.25, -0.2) is 4.39 Å². The summed E-state index contributed by atoms with van der Waals surface area (Å²) in [5, 5.41) is 6.39. The van der Waals surface area contributed by atoms with Crippen molar-refractivity contribution in [3.8, 4) is 17.3 Å². The van der Waals surface area contributed by atoms with Gasteiger partial charge in [0.1, 0.15) is 23.6 Å². The maximum absolute atomic E-state index is 16.8. The van der Waals surface area contributed by atoms with Gasteiger partial charge in [0.25, 0.3) is 0 Å². The molecule has 2 aliphatic heterocycles. The Hall–Kier alpha value is -3.36. The molecule has 2 atom stereocenters. The minimum atomic E-state index is -0.419. The zero-order valence-corrected chi connectivity index (χ0v) is 26.2. The predicted octanol–water partition coefficient (Wildman–Crippen LogP) is 7.01. The molecule has 1 N–H and O–H groups in total. The van der Waals surface area contributed by atoms with Crippen LogP contribution in [0.25, 0.3) is 32.9 Å². The molecule has 2 saturated heterocycles. The van der Waals surface area contributed by atoms with E-state index < -0.39 is 5.82 Å². The van der Waals surface area contributed by atoms with Gasteiger partial charge in [0.05, 0.1) is 10.9 Å². The van der Waals surface area contributed by atoms with Crippen LogP contribution in [0.2, 0.25) is 0 Å². The van der Waals surface area contributed by atoms with Gasteiger partial charge in [-0.1, -0.05) is 43.3 Å². The first-order valence-electron chi connectivity index (χ1n) is 16.5. The van der Waals surface area contributed by atoms with E-state index >= 15 is 4.39 Å². The van der Waals surface area contributed by atoms with E-state index in [-0.39, 0.29) is 22.6 Å². The van der Waals surface area contributed by atoms with Gasteiger partial charge in [-0.3, -0.25) is 9.88 Å². The molecule has 7 nitrogen and oxygen atoms in total. The number of rotatable bonds is 9. The molecule has 8 heteroatoms. The van der Waals surface area contributed by atoms with Crippen molar-refractivity contribution in [2.24, 2.45) is 5.92 Å². The Morgan fingerprint density at radius 3 is 2.64 bits per heavy atom.